The molecule has 0 radical (unpaired) electrons. The lowest BCUT2D eigenvalue weighted by atomic mass is 10.1. The van der Waals surface area contributed by atoms with E-state index >= 15 is 0 Å². The molecule has 1 fully saturated rings. The zero-order valence-electron chi connectivity index (χ0n) is 15.0. The lowest BCUT2D eigenvalue weighted by Crippen LogP contribution is -2.30. The summed E-state index contributed by atoms with van der Waals surface area (Å²) >= 11 is 0. The highest BCUT2D eigenvalue weighted by Gasteiger charge is 2.29. The van der Waals surface area contributed by atoms with Crippen molar-refractivity contribution in [2.24, 2.45) is 7.05 Å². The van der Waals surface area contributed by atoms with E-state index < -0.39 is 0 Å². The minimum atomic E-state index is -0.202. The average Bonchev–Trinajstić information content (AvgIpc) is 3.29. The molecule has 3 N–H and O–H groups in total. The van der Waals surface area contributed by atoms with Crippen molar-refractivity contribution in [2.45, 2.75) is 25.2 Å². The van der Waals surface area contributed by atoms with Gasteiger partial charge in [-0.25, -0.2) is 4.79 Å². The Hall–Kier alpha value is -2.96. The van der Waals surface area contributed by atoms with Gasteiger partial charge < -0.3 is 20.4 Å². The predicted molar refractivity (Wildman–Crippen MR) is 101 cm³/mol. The van der Waals surface area contributed by atoms with Crippen molar-refractivity contribution in [3.05, 3.63) is 41.9 Å². The topological polar surface area (TPSA) is 84.0 Å². The van der Waals surface area contributed by atoms with Gasteiger partial charge in [0.25, 0.3) is 0 Å². The third-order valence-electron chi connectivity index (χ3n) is 4.85. The molecule has 4 rings (SSSR count). The Morgan fingerprint density at radius 2 is 2.27 bits per heavy atom. The Morgan fingerprint density at radius 3 is 3.04 bits per heavy atom. The second-order valence-corrected chi connectivity index (χ2v) is 6.67. The summed E-state index contributed by atoms with van der Waals surface area (Å²) in [6.45, 7) is 0.538. The third kappa shape index (κ3) is 3.12. The molecule has 3 aromatic rings. The number of aryl methyl sites for hydroxylation is 1. The molecule has 0 bridgehead atoms. The molecular formula is C19H23N5O2. The van der Waals surface area contributed by atoms with Crippen molar-refractivity contribution < 1.29 is 9.53 Å². The van der Waals surface area contributed by atoms with Crippen LogP contribution in [0.2, 0.25) is 0 Å². The van der Waals surface area contributed by atoms with E-state index in [-0.39, 0.29) is 6.03 Å². The summed E-state index contributed by atoms with van der Waals surface area (Å²) in [6, 6.07) is 5.72. The van der Waals surface area contributed by atoms with Gasteiger partial charge in [-0.3, -0.25) is 4.68 Å². The molecule has 0 aliphatic heterocycles. The van der Waals surface area contributed by atoms with Crippen LogP contribution in [0.3, 0.4) is 0 Å². The number of fused-ring (bicyclic) bond motifs is 1. The molecule has 0 spiro atoms. The molecule has 0 atom stereocenters. The Labute approximate surface area is 151 Å². The standard InChI is InChI=1S/C19H23N5O2/c1-24-18(12-6-7-12)15(11-22-24)23-19(25)20-9-8-13-10-21-14-4-3-5-16(26-2)17(13)14/h3-5,10-12,21H,6-9H2,1-2H3,(H2,20,23,25). The molecule has 0 unspecified atom stereocenters. The number of carbonyl (C=O) groups is 1. The summed E-state index contributed by atoms with van der Waals surface area (Å²) in [5.74, 6) is 1.36. The molecule has 2 amide bonds. The van der Waals surface area contributed by atoms with Crippen molar-refractivity contribution in [3.63, 3.8) is 0 Å². The maximum Gasteiger partial charge on any atom is 0.319 e. The first-order chi connectivity index (χ1) is 12.7. The number of hydrogen-bond donors (Lipinski definition) is 3. The zero-order valence-corrected chi connectivity index (χ0v) is 15.0. The van der Waals surface area contributed by atoms with E-state index in [1.54, 1.807) is 13.3 Å². The molecule has 7 heteroatoms. The van der Waals surface area contributed by atoms with Crippen molar-refractivity contribution in [1.82, 2.24) is 20.1 Å². The fourth-order valence-electron chi connectivity index (χ4n) is 3.45. The summed E-state index contributed by atoms with van der Waals surface area (Å²) < 4.78 is 7.30. The number of ether oxygens (including phenoxy) is 1. The normalized spacial score (nSPS) is 13.8. The Kier molecular flexibility index (Phi) is 4.28. The Morgan fingerprint density at radius 1 is 1.42 bits per heavy atom. The number of carbonyl (C=O) groups excluding carboxylic acids is 1. The SMILES string of the molecule is COc1cccc2[nH]cc(CCNC(=O)Nc3cnn(C)c3C3CC3)c12. The first-order valence-electron chi connectivity index (χ1n) is 8.87. The molecule has 1 aromatic carbocycles. The van der Waals surface area contributed by atoms with Gasteiger partial charge in [-0.05, 0) is 37.0 Å². The molecule has 136 valence electrons. The first kappa shape index (κ1) is 16.5. The first-order valence-corrected chi connectivity index (χ1v) is 8.87. The van der Waals surface area contributed by atoms with Crippen molar-refractivity contribution >= 4 is 22.6 Å². The van der Waals surface area contributed by atoms with Crippen LogP contribution >= 0.6 is 0 Å². The zero-order chi connectivity index (χ0) is 18.1. The molecule has 7 nitrogen and oxygen atoms in total. The average molecular weight is 353 g/mol. The number of urea groups is 1. The number of aromatic nitrogens is 3. The summed E-state index contributed by atoms with van der Waals surface area (Å²) in [7, 11) is 3.59. The predicted octanol–water partition coefficient (Wildman–Crippen LogP) is 3.15. The van der Waals surface area contributed by atoms with Crippen LogP contribution in [0.15, 0.2) is 30.6 Å². The highest BCUT2D eigenvalue weighted by atomic mass is 16.5. The number of rotatable bonds is 6. The number of anilines is 1. The highest BCUT2D eigenvalue weighted by molar-refractivity contribution is 5.91. The van der Waals surface area contributed by atoms with E-state index in [4.69, 9.17) is 4.74 Å². The molecule has 2 aromatic heterocycles. The second-order valence-electron chi connectivity index (χ2n) is 6.67. The number of H-pyrrole nitrogens is 1. The van der Waals surface area contributed by atoms with Crippen LogP contribution in [-0.4, -0.2) is 34.5 Å². The Balaban J connectivity index is 1.37. The van der Waals surface area contributed by atoms with Crippen LogP contribution in [0.4, 0.5) is 10.5 Å². The van der Waals surface area contributed by atoms with E-state index in [2.05, 4.69) is 20.7 Å². The van der Waals surface area contributed by atoms with E-state index in [0.29, 0.717) is 12.5 Å². The van der Waals surface area contributed by atoms with Crippen LogP contribution < -0.4 is 15.4 Å². The van der Waals surface area contributed by atoms with Gasteiger partial charge in [-0.15, -0.1) is 0 Å². The summed E-state index contributed by atoms with van der Waals surface area (Å²) in [6.07, 6.45) is 6.74. The van der Waals surface area contributed by atoms with Crippen molar-refractivity contribution in [3.8, 4) is 5.75 Å². The van der Waals surface area contributed by atoms with Crippen LogP contribution in [0.25, 0.3) is 10.9 Å². The fraction of sp³-hybridized carbons (Fsp3) is 0.368. The maximum absolute atomic E-state index is 12.2. The molecule has 1 aliphatic rings. The lowest BCUT2D eigenvalue weighted by Gasteiger charge is -2.09. The van der Waals surface area contributed by atoms with Crippen LogP contribution in [0.5, 0.6) is 5.75 Å². The fourth-order valence-corrected chi connectivity index (χ4v) is 3.45. The van der Waals surface area contributed by atoms with Gasteiger partial charge in [0, 0.05) is 36.6 Å². The second kappa shape index (κ2) is 6.74. The largest absolute Gasteiger partial charge is 0.496 e. The van der Waals surface area contributed by atoms with E-state index in [0.717, 1.165) is 52.9 Å². The molecule has 1 saturated carbocycles. The quantitative estimate of drug-likeness (QED) is 0.636. The molecular weight excluding hydrogens is 330 g/mol. The molecule has 0 saturated heterocycles. The number of nitrogens with one attached hydrogen (secondary N) is 3. The monoisotopic (exact) mass is 353 g/mol. The number of methoxy groups -OCH3 is 1. The number of hydrogen-bond acceptors (Lipinski definition) is 3. The maximum atomic E-state index is 12.2. The van der Waals surface area contributed by atoms with Crippen LogP contribution in [0.1, 0.15) is 30.0 Å². The van der Waals surface area contributed by atoms with Gasteiger partial charge in [-0.1, -0.05) is 6.07 Å². The smallest absolute Gasteiger partial charge is 0.319 e. The number of benzene rings is 1. The minimum absolute atomic E-state index is 0.202. The van der Waals surface area contributed by atoms with Gasteiger partial charge in [0.05, 0.1) is 24.7 Å². The van der Waals surface area contributed by atoms with Crippen molar-refractivity contribution in [2.75, 3.05) is 19.0 Å². The van der Waals surface area contributed by atoms with Crippen LogP contribution in [0, 0.1) is 0 Å². The lowest BCUT2D eigenvalue weighted by molar-refractivity contribution is 0.252. The van der Waals surface area contributed by atoms with Gasteiger partial charge in [0.2, 0.25) is 0 Å². The minimum Gasteiger partial charge on any atom is -0.496 e. The van der Waals surface area contributed by atoms with E-state index in [9.17, 15) is 4.79 Å². The summed E-state index contributed by atoms with van der Waals surface area (Å²) in [5.41, 5.74) is 4.08. The number of amides is 2. The van der Waals surface area contributed by atoms with Crippen molar-refractivity contribution in [1.29, 1.82) is 0 Å². The highest BCUT2D eigenvalue weighted by Crippen LogP contribution is 2.43. The van der Waals surface area contributed by atoms with Gasteiger partial charge >= 0.3 is 6.03 Å². The Bertz CT molecular complexity index is 939. The molecule has 2 heterocycles. The summed E-state index contributed by atoms with van der Waals surface area (Å²) in [4.78, 5) is 15.5. The van der Waals surface area contributed by atoms with Gasteiger partial charge in [0.15, 0.2) is 0 Å². The van der Waals surface area contributed by atoms with E-state index in [1.165, 1.54) is 0 Å². The van der Waals surface area contributed by atoms with E-state index in [1.807, 2.05) is 36.1 Å². The van der Waals surface area contributed by atoms with Gasteiger partial charge in [0.1, 0.15) is 5.75 Å². The molecule has 1 aliphatic carbocycles. The number of aromatic amines is 1. The van der Waals surface area contributed by atoms with Gasteiger partial charge in [-0.2, -0.15) is 5.10 Å². The summed E-state index contributed by atoms with van der Waals surface area (Å²) in [5, 5.41) is 11.2. The molecule has 26 heavy (non-hydrogen) atoms. The number of nitrogens with zero attached hydrogens (tertiary/aromatic N) is 2. The van der Waals surface area contributed by atoms with Crippen LogP contribution in [-0.2, 0) is 13.5 Å². The third-order valence-corrected chi connectivity index (χ3v) is 4.85.